The number of rotatable bonds is 4. The van der Waals surface area contributed by atoms with Gasteiger partial charge in [0.2, 0.25) is 5.91 Å². The van der Waals surface area contributed by atoms with Crippen LogP contribution >= 0.6 is 0 Å². The van der Waals surface area contributed by atoms with Crippen LogP contribution in [0.4, 0.5) is 11.4 Å². The molecule has 1 aliphatic heterocycles. The number of carbonyl (C=O) groups is 1. The molecule has 1 aromatic rings. The minimum absolute atomic E-state index is 0.0303. The van der Waals surface area contributed by atoms with Crippen LogP contribution < -0.4 is 16.0 Å². The zero-order valence-electron chi connectivity index (χ0n) is 12.2. The third-order valence-electron chi connectivity index (χ3n) is 3.51. The minimum Gasteiger partial charge on any atom is -0.399 e. The van der Waals surface area contributed by atoms with Crippen molar-refractivity contribution in [2.24, 2.45) is 0 Å². The van der Waals surface area contributed by atoms with Crippen LogP contribution in [-0.4, -0.2) is 38.3 Å². The lowest BCUT2D eigenvalue weighted by molar-refractivity contribution is -0.124. The molecule has 5 nitrogen and oxygen atoms in total. The number of hydrogen-bond acceptors (Lipinski definition) is 4. The summed E-state index contributed by atoms with van der Waals surface area (Å²) in [4.78, 5) is 14.4. The van der Waals surface area contributed by atoms with Crippen LogP contribution in [0, 0.1) is 6.92 Å². The first-order valence-electron chi connectivity index (χ1n) is 7.11. The topological polar surface area (TPSA) is 67.6 Å². The first-order chi connectivity index (χ1) is 9.63. The van der Waals surface area contributed by atoms with E-state index < -0.39 is 0 Å². The van der Waals surface area contributed by atoms with Crippen molar-refractivity contribution < 1.29 is 9.53 Å². The zero-order valence-corrected chi connectivity index (χ0v) is 12.2. The fourth-order valence-corrected chi connectivity index (χ4v) is 2.48. The van der Waals surface area contributed by atoms with Crippen molar-refractivity contribution in [3.05, 3.63) is 23.8 Å². The second-order valence-electron chi connectivity index (χ2n) is 5.12. The molecule has 0 spiro atoms. The van der Waals surface area contributed by atoms with Crippen LogP contribution in [0.2, 0.25) is 0 Å². The molecule has 1 heterocycles. The first kappa shape index (κ1) is 14.7. The minimum atomic E-state index is -0.266. The number of nitrogens with two attached hydrogens (primary N) is 1. The number of carbonyl (C=O) groups excluding carboxylic acids is 1. The van der Waals surface area contributed by atoms with Gasteiger partial charge in [-0.1, -0.05) is 6.92 Å². The lowest BCUT2D eigenvalue weighted by Gasteiger charge is -2.37. The smallest absolute Gasteiger partial charge is 0.245 e. The average Bonchev–Trinajstić information content (AvgIpc) is 2.45. The SMILES string of the molecule is CCCNC(=O)C1COCCN1c1ccc(N)cc1C. The molecule has 2 rings (SSSR count). The average molecular weight is 277 g/mol. The van der Waals surface area contributed by atoms with E-state index in [0.29, 0.717) is 19.8 Å². The van der Waals surface area contributed by atoms with Gasteiger partial charge in [0.1, 0.15) is 6.04 Å². The third-order valence-corrected chi connectivity index (χ3v) is 3.51. The van der Waals surface area contributed by atoms with Gasteiger partial charge in [0.15, 0.2) is 0 Å². The van der Waals surface area contributed by atoms with E-state index in [1.807, 2.05) is 32.0 Å². The Balaban J connectivity index is 2.19. The number of hydrogen-bond donors (Lipinski definition) is 2. The Morgan fingerprint density at radius 1 is 1.55 bits per heavy atom. The molecular formula is C15H23N3O2. The van der Waals surface area contributed by atoms with Gasteiger partial charge in [-0.05, 0) is 37.1 Å². The number of nitrogens with one attached hydrogen (secondary N) is 1. The molecule has 3 N–H and O–H groups in total. The van der Waals surface area contributed by atoms with Crippen LogP contribution in [0.1, 0.15) is 18.9 Å². The van der Waals surface area contributed by atoms with E-state index in [1.54, 1.807) is 0 Å². The number of anilines is 2. The fourth-order valence-electron chi connectivity index (χ4n) is 2.48. The highest BCUT2D eigenvalue weighted by Crippen LogP contribution is 2.25. The maximum Gasteiger partial charge on any atom is 0.245 e. The van der Waals surface area contributed by atoms with Gasteiger partial charge in [-0.15, -0.1) is 0 Å². The zero-order chi connectivity index (χ0) is 14.5. The van der Waals surface area contributed by atoms with Crippen molar-refractivity contribution >= 4 is 17.3 Å². The van der Waals surface area contributed by atoms with Crippen molar-refractivity contribution in [1.82, 2.24) is 5.32 Å². The van der Waals surface area contributed by atoms with E-state index in [2.05, 4.69) is 10.2 Å². The summed E-state index contributed by atoms with van der Waals surface area (Å²) >= 11 is 0. The molecule has 1 aromatic carbocycles. The number of ether oxygens (including phenoxy) is 1. The van der Waals surface area contributed by atoms with Crippen molar-refractivity contribution in [2.45, 2.75) is 26.3 Å². The molecule has 1 aliphatic rings. The molecular weight excluding hydrogens is 254 g/mol. The van der Waals surface area contributed by atoms with E-state index in [0.717, 1.165) is 29.9 Å². The predicted octanol–water partition coefficient (Wildman–Crippen LogP) is 1.31. The summed E-state index contributed by atoms with van der Waals surface area (Å²) in [5.74, 6) is 0.0303. The predicted molar refractivity (Wildman–Crippen MR) is 80.8 cm³/mol. The van der Waals surface area contributed by atoms with Gasteiger partial charge in [-0.25, -0.2) is 0 Å². The fraction of sp³-hybridized carbons (Fsp3) is 0.533. The summed E-state index contributed by atoms with van der Waals surface area (Å²) in [6.07, 6.45) is 0.931. The maximum absolute atomic E-state index is 12.3. The van der Waals surface area contributed by atoms with Crippen LogP contribution in [0.15, 0.2) is 18.2 Å². The molecule has 0 bridgehead atoms. The van der Waals surface area contributed by atoms with Crippen molar-refractivity contribution in [1.29, 1.82) is 0 Å². The van der Waals surface area contributed by atoms with E-state index >= 15 is 0 Å². The number of amides is 1. The third kappa shape index (κ3) is 3.22. The Labute approximate surface area is 120 Å². The summed E-state index contributed by atoms with van der Waals surface area (Å²) in [5.41, 5.74) is 8.68. The van der Waals surface area contributed by atoms with Gasteiger partial charge in [-0.2, -0.15) is 0 Å². The molecule has 1 unspecified atom stereocenters. The lowest BCUT2D eigenvalue weighted by Crippen LogP contribution is -2.54. The summed E-state index contributed by atoms with van der Waals surface area (Å²) in [7, 11) is 0. The van der Waals surface area contributed by atoms with E-state index in [4.69, 9.17) is 10.5 Å². The lowest BCUT2D eigenvalue weighted by atomic mass is 10.1. The highest BCUT2D eigenvalue weighted by atomic mass is 16.5. The van der Waals surface area contributed by atoms with Crippen molar-refractivity contribution in [3.63, 3.8) is 0 Å². The van der Waals surface area contributed by atoms with Gasteiger partial charge in [-0.3, -0.25) is 4.79 Å². The number of nitrogen functional groups attached to an aromatic ring is 1. The van der Waals surface area contributed by atoms with Crippen LogP contribution in [0.25, 0.3) is 0 Å². The van der Waals surface area contributed by atoms with Gasteiger partial charge in [0, 0.05) is 24.5 Å². The largest absolute Gasteiger partial charge is 0.399 e. The van der Waals surface area contributed by atoms with Crippen LogP contribution in [0.5, 0.6) is 0 Å². The number of morpholine rings is 1. The summed E-state index contributed by atoms with van der Waals surface area (Å²) in [6.45, 7) is 6.54. The molecule has 1 atom stereocenters. The number of benzene rings is 1. The van der Waals surface area contributed by atoms with Gasteiger partial charge >= 0.3 is 0 Å². The molecule has 1 amide bonds. The second kappa shape index (κ2) is 6.61. The molecule has 1 fully saturated rings. The normalized spacial score (nSPS) is 18.9. The highest BCUT2D eigenvalue weighted by Gasteiger charge is 2.30. The van der Waals surface area contributed by atoms with Gasteiger partial charge in [0.25, 0.3) is 0 Å². The van der Waals surface area contributed by atoms with E-state index in [-0.39, 0.29) is 11.9 Å². The highest BCUT2D eigenvalue weighted by molar-refractivity contribution is 5.86. The Kier molecular flexibility index (Phi) is 4.84. The Bertz CT molecular complexity index is 476. The molecule has 110 valence electrons. The summed E-state index contributed by atoms with van der Waals surface area (Å²) in [5, 5.41) is 2.95. The van der Waals surface area contributed by atoms with Crippen LogP contribution in [-0.2, 0) is 9.53 Å². The van der Waals surface area contributed by atoms with Crippen LogP contribution in [0.3, 0.4) is 0 Å². The second-order valence-corrected chi connectivity index (χ2v) is 5.12. The van der Waals surface area contributed by atoms with E-state index in [1.165, 1.54) is 0 Å². The Hall–Kier alpha value is -1.75. The monoisotopic (exact) mass is 277 g/mol. The maximum atomic E-state index is 12.3. The molecule has 0 saturated carbocycles. The molecule has 1 saturated heterocycles. The first-order valence-corrected chi connectivity index (χ1v) is 7.11. The molecule has 0 aromatic heterocycles. The van der Waals surface area contributed by atoms with Gasteiger partial charge < -0.3 is 20.7 Å². The van der Waals surface area contributed by atoms with Crippen molar-refractivity contribution in [3.8, 4) is 0 Å². The Morgan fingerprint density at radius 2 is 2.35 bits per heavy atom. The summed E-state index contributed by atoms with van der Waals surface area (Å²) < 4.78 is 5.47. The summed E-state index contributed by atoms with van der Waals surface area (Å²) in [6, 6.07) is 5.53. The molecule has 0 radical (unpaired) electrons. The standard InChI is InChI=1S/C15H23N3O2/c1-3-6-17-15(19)14-10-20-8-7-18(14)13-5-4-12(16)9-11(13)2/h4-5,9,14H,3,6-8,10,16H2,1-2H3,(H,17,19). The number of aryl methyl sites for hydroxylation is 1. The van der Waals surface area contributed by atoms with E-state index in [9.17, 15) is 4.79 Å². The molecule has 0 aliphatic carbocycles. The molecule has 5 heteroatoms. The van der Waals surface area contributed by atoms with Gasteiger partial charge in [0.05, 0.1) is 13.2 Å². The van der Waals surface area contributed by atoms with Crippen molar-refractivity contribution in [2.75, 3.05) is 36.9 Å². The molecule has 20 heavy (non-hydrogen) atoms. The quantitative estimate of drug-likeness (QED) is 0.814. The Morgan fingerprint density at radius 3 is 3.05 bits per heavy atom. The number of nitrogens with zero attached hydrogens (tertiary/aromatic N) is 1.